The molecule has 222 valence electrons. The average Bonchev–Trinajstić information content (AvgIpc) is 3.61. The summed E-state index contributed by atoms with van der Waals surface area (Å²) in [5, 5.41) is 12.3. The van der Waals surface area contributed by atoms with Crippen LogP contribution in [-0.2, 0) is 35.2 Å². The van der Waals surface area contributed by atoms with Gasteiger partial charge in [0.15, 0.2) is 0 Å². The topological polar surface area (TPSA) is 125 Å². The lowest BCUT2D eigenvalue weighted by atomic mass is 9.70. The van der Waals surface area contributed by atoms with Crippen LogP contribution in [0.2, 0.25) is 0 Å². The first-order chi connectivity index (χ1) is 19.8. The number of ether oxygens (including phenoxy) is 2. The van der Waals surface area contributed by atoms with E-state index in [1.807, 2.05) is 30.3 Å². The van der Waals surface area contributed by atoms with Crippen molar-refractivity contribution in [2.45, 2.75) is 69.4 Å². The van der Waals surface area contributed by atoms with Crippen LogP contribution in [0.15, 0.2) is 55.6 Å². The van der Waals surface area contributed by atoms with E-state index in [-0.39, 0.29) is 44.0 Å². The molecule has 3 amide bonds. The summed E-state index contributed by atoms with van der Waals surface area (Å²) in [5.74, 6) is -3.05. The highest BCUT2D eigenvalue weighted by atomic mass is 16.6. The third kappa shape index (κ3) is 6.23. The standard InChI is InChI=1S/C31H41N3O7/c1-4-6-13-24(36)32-19-21(3)40-30(39)25-23-14-15-31(41-23)26(25)28(37)34(17-10-18-35)27(31)29(38)33(16-5-2)20-22-11-8-7-9-12-22/h4-5,7-9,11-12,21,23,25-27,35H,1-2,6,10,13-20H2,3H3,(H,32,36)/t21-,23-,25+,26+,27-,31+/m1/s1. The molecule has 0 unspecified atom stereocenters. The molecular weight excluding hydrogens is 526 g/mol. The first kappa shape index (κ1) is 30.5. The molecule has 3 aliphatic rings. The number of aliphatic hydroxyl groups excluding tert-OH is 1. The average molecular weight is 568 g/mol. The maximum atomic E-state index is 14.2. The highest BCUT2D eigenvalue weighted by Gasteiger charge is 2.75. The van der Waals surface area contributed by atoms with Crippen LogP contribution in [0.5, 0.6) is 0 Å². The van der Waals surface area contributed by atoms with Crippen LogP contribution in [-0.4, -0.2) is 88.7 Å². The van der Waals surface area contributed by atoms with Gasteiger partial charge < -0.3 is 29.7 Å². The Morgan fingerprint density at radius 1 is 1.27 bits per heavy atom. The van der Waals surface area contributed by atoms with E-state index >= 15 is 0 Å². The van der Waals surface area contributed by atoms with Crippen molar-refractivity contribution in [2.24, 2.45) is 11.8 Å². The van der Waals surface area contributed by atoms with Crippen LogP contribution < -0.4 is 5.32 Å². The van der Waals surface area contributed by atoms with Gasteiger partial charge in [-0.05, 0) is 38.2 Å². The molecule has 41 heavy (non-hydrogen) atoms. The second-order valence-corrected chi connectivity index (χ2v) is 11.0. The van der Waals surface area contributed by atoms with Gasteiger partial charge in [-0.15, -0.1) is 13.2 Å². The molecule has 3 heterocycles. The van der Waals surface area contributed by atoms with Gasteiger partial charge in [0.25, 0.3) is 0 Å². The normalized spacial score (nSPS) is 26.8. The number of carbonyl (C=O) groups is 4. The number of aliphatic hydroxyl groups is 1. The van der Waals surface area contributed by atoms with Gasteiger partial charge in [0, 0.05) is 32.7 Å². The summed E-state index contributed by atoms with van der Waals surface area (Å²) in [6.45, 7) is 9.88. The largest absolute Gasteiger partial charge is 0.460 e. The van der Waals surface area contributed by atoms with E-state index in [1.165, 1.54) is 4.90 Å². The zero-order valence-corrected chi connectivity index (χ0v) is 23.7. The molecule has 0 radical (unpaired) electrons. The molecule has 1 aromatic rings. The van der Waals surface area contributed by atoms with Crippen molar-refractivity contribution in [3.05, 3.63) is 61.2 Å². The van der Waals surface area contributed by atoms with Crippen molar-refractivity contribution in [2.75, 3.05) is 26.2 Å². The maximum Gasteiger partial charge on any atom is 0.312 e. The molecule has 10 heteroatoms. The van der Waals surface area contributed by atoms with E-state index in [0.717, 1.165) is 5.56 Å². The first-order valence-electron chi connectivity index (χ1n) is 14.4. The molecule has 3 fully saturated rings. The predicted molar refractivity (Wildman–Crippen MR) is 151 cm³/mol. The molecule has 0 aromatic heterocycles. The Kier molecular flexibility index (Phi) is 9.99. The lowest BCUT2D eigenvalue weighted by molar-refractivity contribution is -0.159. The lowest BCUT2D eigenvalue weighted by Gasteiger charge is -2.36. The van der Waals surface area contributed by atoms with Crippen LogP contribution in [0, 0.1) is 11.8 Å². The third-order valence-corrected chi connectivity index (χ3v) is 8.22. The van der Waals surface area contributed by atoms with Gasteiger partial charge in [-0.1, -0.05) is 42.5 Å². The summed E-state index contributed by atoms with van der Waals surface area (Å²) in [7, 11) is 0. The summed E-state index contributed by atoms with van der Waals surface area (Å²) in [4.78, 5) is 56.8. The van der Waals surface area contributed by atoms with E-state index in [1.54, 1.807) is 24.0 Å². The zero-order chi connectivity index (χ0) is 29.6. The lowest BCUT2D eigenvalue weighted by Crippen LogP contribution is -2.56. The van der Waals surface area contributed by atoms with E-state index in [4.69, 9.17) is 9.47 Å². The van der Waals surface area contributed by atoms with Gasteiger partial charge in [-0.3, -0.25) is 19.2 Å². The van der Waals surface area contributed by atoms with Crippen molar-refractivity contribution in [3.63, 3.8) is 0 Å². The molecule has 0 saturated carbocycles. The molecule has 1 aromatic carbocycles. The molecule has 2 N–H and O–H groups in total. The number of carbonyl (C=O) groups excluding carboxylic acids is 4. The Bertz CT molecular complexity index is 1140. The number of hydrogen-bond acceptors (Lipinski definition) is 7. The highest BCUT2D eigenvalue weighted by molar-refractivity contribution is 5.98. The minimum Gasteiger partial charge on any atom is -0.460 e. The number of fused-ring (bicyclic) bond motifs is 1. The van der Waals surface area contributed by atoms with Crippen LogP contribution in [0.3, 0.4) is 0 Å². The van der Waals surface area contributed by atoms with Crippen LogP contribution in [0.1, 0.15) is 44.6 Å². The maximum absolute atomic E-state index is 14.2. The van der Waals surface area contributed by atoms with Gasteiger partial charge in [0.05, 0.1) is 24.5 Å². The van der Waals surface area contributed by atoms with Gasteiger partial charge in [0.2, 0.25) is 17.7 Å². The van der Waals surface area contributed by atoms with E-state index in [0.29, 0.717) is 38.6 Å². The number of esters is 1. The zero-order valence-electron chi connectivity index (χ0n) is 23.7. The molecule has 3 saturated heterocycles. The number of amides is 3. The molecule has 3 aliphatic heterocycles. The highest BCUT2D eigenvalue weighted by Crippen LogP contribution is 2.58. The van der Waals surface area contributed by atoms with E-state index in [2.05, 4.69) is 18.5 Å². The van der Waals surface area contributed by atoms with Crippen LogP contribution in [0.25, 0.3) is 0 Å². The SMILES string of the molecule is C=CCCC(=O)NC[C@@H](C)OC(=O)[C@@H]1[C@H]2C(=O)N(CCCO)[C@H](C(=O)N(CC=C)Cc3ccccc3)[C@]23CC[C@H]1O3. The molecule has 2 bridgehead atoms. The van der Waals surface area contributed by atoms with Crippen molar-refractivity contribution < 1.29 is 33.8 Å². The summed E-state index contributed by atoms with van der Waals surface area (Å²) in [5.41, 5.74) is -0.220. The van der Waals surface area contributed by atoms with Crippen LogP contribution >= 0.6 is 0 Å². The molecular formula is C31H41N3O7. The smallest absolute Gasteiger partial charge is 0.312 e. The number of nitrogens with one attached hydrogen (secondary N) is 1. The second-order valence-electron chi connectivity index (χ2n) is 11.0. The molecule has 0 aliphatic carbocycles. The Labute approximate surface area is 241 Å². The fraction of sp³-hybridized carbons (Fsp3) is 0.548. The van der Waals surface area contributed by atoms with Gasteiger partial charge in [-0.25, -0.2) is 0 Å². The van der Waals surface area contributed by atoms with E-state index < -0.39 is 41.7 Å². The van der Waals surface area contributed by atoms with Crippen molar-refractivity contribution >= 4 is 23.7 Å². The second kappa shape index (κ2) is 13.4. The molecule has 6 atom stereocenters. The summed E-state index contributed by atoms with van der Waals surface area (Å²) in [6.07, 6.45) is 4.28. The number of allylic oxidation sites excluding steroid dienone is 1. The first-order valence-corrected chi connectivity index (χ1v) is 14.4. The third-order valence-electron chi connectivity index (χ3n) is 8.22. The van der Waals surface area contributed by atoms with Gasteiger partial charge in [-0.2, -0.15) is 0 Å². The Morgan fingerprint density at radius 3 is 2.71 bits per heavy atom. The molecule has 10 nitrogen and oxygen atoms in total. The van der Waals surface area contributed by atoms with E-state index in [9.17, 15) is 24.3 Å². The molecule has 1 spiro atoms. The molecule has 4 rings (SSSR count). The number of likely N-dealkylation sites (tertiary alicyclic amines) is 1. The fourth-order valence-electron chi connectivity index (χ4n) is 6.44. The van der Waals surface area contributed by atoms with Crippen molar-refractivity contribution in [3.8, 4) is 0 Å². The number of benzene rings is 1. The summed E-state index contributed by atoms with van der Waals surface area (Å²) >= 11 is 0. The number of rotatable bonds is 15. The Balaban J connectivity index is 1.55. The summed E-state index contributed by atoms with van der Waals surface area (Å²) < 4.78 is 12.2. The Hall–Kier alpha value is -3.50. The monoisotopic (exact) mass is 567 g/mol. The Morgan fingerprint density at radius 2 is 2.02 bits per heavy atom. The minimum atomic E-state index is -1.16. The summed E-state index contributed by atoms with van der Waals surface area (Å²) in [6, 6.07) is 8.64. The minimum absolute atomic E-state index is 0.142. The van der Waals surface area contributed by atoms with Gasteiger partial charge in [0.1, 0.15) is 17.7 Å². The van der Waals surface area contributed by atoms with Gasteiger partial charge >= 0.3 is 5.97 Å². The quantitative estimate of drug-likeness (QED) is 0.245. The van der Waals surface area contributed by atoms with Crippen molar-refractivity contribution in [1.29, 1.82) is 0 Å². The van der Waals surface area contributed by atoms with Crippen molar-refractivity contribution in [1.82, 2.24) is 15.1 Å². The number of hydrogen-bond donors (Lipinski definition) is 2. The number of nitrogens with zero attached hydrogens (tertiary/aromatic N) is 2. The predicted octanol–water partition coefficient (Wildman–Crippen LogP) is 1.97. The van der Waals surface area contributed by atoms with Crippen LogP contribution in [0.4, 0.5) is 0 Å². The fourth-order valence-corrected chi connectivity index (χ4v) is 6.44.